The number of hydrogen-bond acceptors (Lipinski definition) is 4. The van der Waals surface area contributed by atoms with Crippen LogP contribution in [-0.2, 0) is 18.7 Å². The van der Waals surface area contributed by atoms with Crippen LogP contribution in [0, 0.1) is 6.92 Å². The average molecular weight is 284 g/mol. The summed E-state index contributed by atoms with van der Waals surface area (Å²) in [6, 6.07) is 3.79. The minimum Gasteiger partial charge on any atom is -0.507 e. The molecule has 0 unspecified atom stereocenters. The molecule has 108 valence electrons. The van der Waals surface area contributed by atoms with Crippen LogP contribution in [0.4, 0.5) is 0 Å². The number of aromatic hydroxyl groups is 1. The zero-order chi connectivity index (χ0) is 14.8. The van der Waals surface area contributed by atoms with Crippen molar-refractivity contribution < 1.29 is 18.4 Å². The maximum atomic E-state index is 10.2. The van der Waals surface area contributed by atoms with E-state index in [4.69, 9.17) is 13.3 Å². The fraction of sp³-hybridized carbons (Fsp3) is 0.571. The summed E-state index contributed by atoms with van der Waals surface area (Å²) < 4.78 is 16.5. The van der Waals surface area contributed by atoms with Crippen molar-refractivity contribution in [2.45, 2.75) is 33.1 Å². The average Bonchev–Trinajstić information content (AvgIpc) is 2.34. The van der Waals surface area contributed by atoms with Crippen LogP contribution in [0.2, 0.25) is 0 Å². The normalized spacial score (nSPS) is 12.8. The highest BCUT2D eigenvalue weighted by atomic mass is 28.4. The third kappa shape index (κ3) is 3.00. The summed E-state index contributed by atoms with van der Waals surface area (Å²) >= 11 is 0. The standard InChI is InChI=1S/C14H24O4Si/c1-10-8-11(19(16-5,17-6)18-7)9-12(13(10)15)14(2,3)4/h8-9,15H,1-7H3. The third-order valence-corrected chi connectivity index (χ3v) is 5.88. The first-order valence-electron chi connectivity index (χ1n) is 6.22. The van der Waals surface area contributed by atoms with Crippen molar-refractivity contribution in [1.29, 1.82) is 0 Å². The molecule has 0 aliphatic carbocycles. The quantitative estimate of drug-likeness (QED) is 0.860. The molecule has 1 rings (SSSR count). The van der Waals surface area contributed by atoms with Gasteiger partial charge in [-0.25, -0.2) is 0 Å². The number of benzene rings is 1. The van der Waals surface area contributed by atoms with Gasteiger partial charge in [0.1, 0.15) is 5.75 Å². The van der Waals surface area contributed by atoms with E-state index in [1.54, 1.807) is 21.3 Å². The van der Waals surface area contributed by atoms with E-state index in [0.29, 0.717) is 5.75 Å². The van der Waals surface area contributed by atoms with Gasteiger partial charge < -0.3 is 18.4 Å². The molecule has 0 aliphatic rings. The summed E-state index contributed by atoms with van der Waals surface area (Å²) in [5.41, 5.74) is 1.50. The van der Waals surface area contributed by atoms with Crippen LogP contribution in [0.1, 0.15) is 31.9 Å². The molecule has 0 bridgehead atoms. The Kier molecular flexibility index (Phi) is 4.79. The van der Waals surface area contributed by atoms with Crippen LogP contribution in [-0.4, -0.2) is 35.2 Å². The molecule has 5 heteroatoms. The summed E-state index contributed by atoms with van der Waals surface area (Å²) in [5, 5.41) is 11.1. The van der Waals surface area contributed by atoms with Crippen molar-refractivity contribution in [2.75, 3.05) is 21.3 Å². The summed E-state index contributed by atoms with van der Waals surface area (Å²) in [7, 11) is 1.88. The zero-order valence-corrected chi connectivity index (χ0v) is 13.8. The number of phenolic OH excluding ortho intramolecular Hbond substituents is 1. The second-order valence-electron chi connectivity index (χ2n) is 5.61. The number of rotatable bonds is 4. The van der Waals surface area contributed by atoms with Crippen molar-refractivity contribution >= 4 is 14.0 Å². The molecule has 4 nitrogen and oxygen atoms in total. The van der Waals surface area contributed by atoms with Gasteiger partial charge in [0.25, 0.3) is 0 Å². The van der Waals surface area contributed by atoms with E-state index in [9.17, 15) is 5.11 Å². The van der Waals surface area contributed by atoms with Gasteiger partial charge in [-0.05, 0) is 35.6 Å². The zero-order valence-electron chi connectivity index (χ0n) is 12.8. The topological polar surface area (TPSA) is 47.9 Å². The van der Waals surface area contributed by atoms with Gasteiger partial charge in [-0.15, -0.1) is 0 Å². The van der Waals surface area contributed by atoms with Crippen LogP contribution in [0.3, 0.4) is 0 Å². The molecule has 0 heterocycles. The molecule has 0 spiro atoms. The highest BCUT2D eigenvalue weighted by molar-refractivity contribution is 6.75. The third-order valence-electron chi connectivity index (χ3n) is 3.27. The second-order valence-corrected chi connectivity index (χ2v) is 8.52. The van der Waals surface area contributed by atoms with E-state index in [1.165, 1.54) is 0 Å². The molecule has 0 radical (unpaired) electrons. The van der Waals surface area contributed by atoms with Gasteiger partial charge in [0.15, 0.2) is 0 Å². The van der Waals surface area contributed by atoms with Crippen LogP contribution >= 0.6 is 0 Å². The molecule has 0 aromatic heterocycles. The fourth-order valence-corrected chi connectivity index (χ4v) is 4.05. The van der Waals surface area contributed by atoms with E-state index >= 15 is 0 Å². The monoisotopic (exact) mass is 284 g/mol. The van der Waals surface area contributed by atoms with Gasteiger partial charge in [-0.3, -0.25) is 0 Å². The van der Waals surface area contributed by atoms with Gasteiger partial charge >= 0.3 is 8.80 Å². The van der Waals surface area contributed by atoms with Gasteiger partial charge in [-0.1, -0.05) is 20.8 Å². The molecule has 0 amide bonds. The number of aryl methyl sites for hydroxylation is 1. The molecule has 0 atom stereocenters. The smallest absolute Gasteiger partial charge is 0.507 e. The van der Waals surface area contributed by atoms with Crippen LogP contribution < -0.4 is 5.19 Å². The van der Waals surface area contributed by atoms with Crippen molar-refractivity contribution in [3.63, 3.8) is 0 Å². The first kappa shape index (κ1) is 16.2. The Balaban J connectivity index is 3.51. The van der Waals surface area contributed by atoms with Crippen LogP contribution in [0.15, 0.2) is 12.1 Å². The Morgan fingerprint density at radius 3 is 1.84 bits per heavy atom. The summed E-state index contributed by atoms with van der Waals surface area (Å²) in [4.78, 5) is 0. The lowest BCUT2D eigenvalue weighted by atomic mass is 9.85. The minimum absolute atomic E-state index is 0.166. The Labute approximate surface area is 116 Å². The van der Waals surface area contributed by atoms with Gasteiger partial charge in [-0.2, -0.15) is 0 Å². The van der Waals surface area contributed by atoms with Crippen molar-refractivity contribution in [3.05, 3.63) is 23.3 Å². The molecular formula is C14H24O4Si. The van der Waals surface area contributed by atoms with Crippen molar-refractivity contribution in [2.24, 2.45) is 0 Å². The lowest BCUT2D eigenvalue weighted by Gasteiger charge is -2.28. The Hall–Kier alpha value is -0.883. The summed E-state index contributed by atoms with van der Waals surface area (Å²) in [6.07, 6.45) is 0. The Bertz CT molecular complexity index is 439. The second kappa shape index (κ2) is 5.62. The lowest BCUT2D eigenvalue weighted by Crippen LogP contribution is -2.55. The van der Waals surface area contributed by atoms with E-state index in [-0.39, 0.29) is 5.41 Å². The highest BCUT2D eigenvalue weighted by Gasteiger charge is 2.42. The first-order valence-corrected chi connectivity index (χ1v) is 7.94. The first-order chi connectivity index (χ1) is 8.71. The number of phenols is 1. The Morgan fingerprint density at radius 2 is 1.47 bits per heavy atom. The van der Waals surface area contributed by atoms with E-state index < -0.39 is 8.80 Å². The van der Waals surface area contributed by atoms with Crippen LogP contribution in [0.5, 0.6) is 5.75 Å². The van der Waals surface area contributed by atoms with Crippen molar-refractivity contribution in [1.82, 2.24) is 0 Å². The molecule has 1 aromatic carbocycles. The molecule has 0 aliphatic heterocycles. The fourth-order valence-electron chi connectivity index (χ4n) is 2.13. The lowest BCUT2D eigenvalue weighted by molar-refractivity contribution is 0.140. The maximum Gasteiger partial charge on any atom is 0.536 e. The van der Waals surface area contributed by atoms with Crippen LogP contribution in [0.25, 0.3) is 0 Å². The van der Waals surface area contributed by atoms with E-state index in [0.717, 1.165) is 16.3 Å². The molecule has 0 saturated carbocycles. The molecule has 0 fully saturated rings. The van der Waals surface area contributed by atoms with Crippen molar-refractivity contribution in [3.8, 4) is 5.75 Å². The number of hydrogen-bond donors (Lipinski definition) is 1. The molecule has 1 aromatic rings. The largest absolute Gasteiger partial charge is 0.536 e. The minimum atomic E-state index is -2.87. The van der Waals surface area contributed by atoms with E-state index in [1.807, 2.05) is 19.1 Å². The van der Waals surface area contributed by atoms with Gasteiger partial charge in [0.2, 0.25) is 0 Å². The van der Waals surface area contributed by atoms with Gasteiger partial charge in [0, 0.05) is 26.5 Å². The maximum absolute atomic E-state index is 10.2. The Morgan fingerprint density at radius 1 is 1.00 bits per heavy atom. The SMILES string of the molecule is CO[Si](OC)(OC)c1cc(C)c(O)c(C(C)(C)C)c1. The predicted molar refractivity (Wildman–Crippen MR) is 78.0 cm³/mol. The summed E-state index contributed by atoms with van der Waals surface area (Å²) in [5.74, 6) is 0.322. The summed E-state index contributed by atoms with van der Waals surface area (Å²) in [6.45, 7) is 8.04. The van der Waals surface area contributed by atoms with Gasteiger partial charge in [0.05, 0.1) is 0 Å². The molecule has 1 N–H and O–H groups in total. The van der Waals surface area contributed by atoms with E-state index in [2.05, 4.69) is 20.8 Å². The molecular weight excluding hydrogens is 260 g/mol. The molecule has 0 saturated heterocycles. The predicted octanol–water partition coefficient (Wildman–Crippen LogP) is 2.08. The highest BCUT2D eigenvalue weighted by Crippen LogP contribution is 2.32. The molecule has 19 heavy (non-hydrogen) atoms.